The van der Waals surface area contributed by atoms with E-state index in [4.69, 9.17) is 4.74 Å². The Morgan fingerprint density at radius 1 is 1.15 bits per heavy atom. The Morgan fingerprint density at radius 2 is 1.80 bits per heavy atom. The average Bonchev–Trinajstić information content (AvgIpc) is 3.15. The van der Waals surface area contributed by atoms with Gasteiger partial charge in [-0.05, 0) is 49.5 Å². The van der Waals surface area contributed by atoms with Crippen molar-refractivity contribution in [1.82, 2.24) is 4.90 Å². The van der Waals surface area contributed by atoms with Gasteiger partial charge in [0.15, 0.2) is 0 Å². The molecule has 1 amide bonds. The largest absolute Gasteiger partial charge is 0.445 e. The van der Waals surface area contributed by atoms with E-state index in [1.54, 1.807) is 0 Å². The highest BCUT2D eigenvalue weighted by molar-refractivity contribution is 5.69. The molecule has 1 aromatic carbocycles. The molecular formula is C17H21NO2. The lowest BCUT2D eigenvalue weighted by Gasteiger charge is -2.38. The van der Waals surface area contributed by atoms with Crippen molar-refractivity contribution in [3.05, 3.63) is 35.9 Å². The molecule has 2 bridgehead atoms. The van der Waals surface area contributed by atoms with Crippen LogP contribution in [-0.2, 0) is 11.3 Å². The molecule has 2 saturated heterocycles. The van der Waals surface area contributed by atoms with Gasteiger partial charge in [0.1, 0.15) is 6.61 Å². The maximum Gasteiger partial charge on any atom is 0.410 e. The first-order valence-corrected chi connectivity index (χ1v) is 7.75. The van der Waals surface area contributed by atoms with Crippen LogP contribution < -0.4 is 0 Å². The van der Waals surface area contributed by atoms with Gasteiger partial charge in [-0.1, -0.05) is 30.3 Å². The normalized spacial score (nSPS) is 29.5. The summed E-state index contributed by atoms with van der Waals surface area (Å²) in [6, 6.07) is 10.8. The molecule has 2 aliphatic heterocycles. The molecule has 0 aromatic heterocycles. The van der Waals surface area contributed by atoms with E-state index in [2.05, 4.69) is 0 Å². The number of hydrogen-bond acceptors (Lipinski definition) is 2. The molecule has 20 heavy (non-hydrogen) atoms. The second kappa shape index (κ2) is 4.51. The van der Waals surface area contributed by atoms with Gasteiger partial charge < -0.3 is 9.64 Å². The molecule has 3 fully saturated rings. The van der Waals surface area contributed by atoms with Gasteiger partial charge in [0.25, 0.3) is 0 Å². The molecule has 1 spiro atoms. The summed E-state index contributed by atoms with van der Waals surface area (Å²) in [5.41, 5.74) is 1.67. The van der Waals surface area contributed by atoms with Crippen LogP contribution in [0.15, 0.2) is 30.3 Å². The third-order valence-corrected chi connectivity index (χ3v) is 5.33. The summed E-state index contributed by atoms with van der Waals surface area (Å²) >= 11 is 0. The van der Waals surface area contributed by atoms with E-state index in [1.807, 2.05) is 35.2 Å². The van der Waals surface area contributed by atoms with E-state index in [1.165, 1.54) is 38.5 Å². The van der Waals surface area contributed by atoms with E-state index in [0.717, 1.165) is 5.56 Å². The fourth-order valence-corrected chi connectivity index (χ4v) is 4.12. The molecular weight excluding hydrogens is 250 g/mol. The summed E-state index contributed by atoms with van der Waals surface area (Å²) in [6.07, 6.45) is 7.43. The lowest BCUT2D eigenvalue weighted by molar-refractivity contribution is 0.0491. The van der Waals surface area contributed by atoms with Gasteiger partial charge in [0.2, 0.25) is 0 Å². The van der Waals surface area contributed by atoms with Crippen molar-refractivity contribution >= 4 is 6.09 Å². The number of amides is 1. The zero-order valence-corrected chi connectivity index (χ0v) is 11.8. The van der Waals surface area contributed by atoms with Gasteiger partial charge in [-0.3, -0.25) is 0 Å². The number of benzene rings is 1. The first-order chi connectivity index (χ1) is 9.76. The number of rotatable bonds is 2. The Labute approximate surface area is 119 Å². The Morgan fingerprint density at radius 3 is 2.40 bits per heavy atom. The topological polar surface area (TPSA) is 29.5 Å². The smallest absolute Gasteiger partial charge is 0.410 e. The van der Waals surface area contributed by atoms with Crippen LogP contribution in [0.2, 0.25) is 0 Å². The molecule has 3 heteroatoms. The van der Waals surface area contributed by atoms with Crippen molar-refractivity contribution in [2.45, 2.75) is 57.2 Å². The molecule has 4 rings (SSSR count). The Hall–Kier alpha value is -1.51. The van der Waals surface area contributed by atoms with Crippen molar-refractivity contribution in [2.75, 3.05) is 0 Å². The number of carbonyl (C=O) groups is 1. The molecule has 106 valence electrons. The standard InChI is InChI=1S/C17H21NO2/c19-16(20-12-13-4-2-1-3-5-13)18-14-6-7-15(18)11-17(10-14)8-9-17/h1-5,14-15H,6-12H2/t14-,15+. The second-order valence-electron chi connectivity index (χ2n) is 6.74. The van der Waals surface area contributed by atoms with Crippen molar-refractivity contribution in [3.8, 4) is 0 Å². The van der Waals surface area contributed by atoms with Crippen LogP contribution in [0.1, 0.15) is 44.1 Å². The molecule has 2 heterocycles. The van der Waals surface area contributed by atoms with Crippen LogP contribution in [0.25, 0.3) is 0 Å². The minimum absolute atomic E-state index is 0.100. The monoisotopic (exact) mass is 271 g/mol. The van der Waals surface area contributed by atoms with Crippen LogP contribution in [0.4, 0.5) is 4.79 Å². The number of fused-ring (bicyclic) bond motifs is 2. The van der Waals surface area contributed by atoms with Crippen LogP contribution in [0.5, 0.6) is 0 Å². The highest BCUT2D eigenvalue weighted by Crippen LogP contribution is 2.59. The number of carbonyl (C=O) groups excluding carboxylic acids is 1. The maximum absolute atomic E-state index is 12.4. The molecule has 3 aliphatic rings. The Balaban J connectivity index is 1.39. The average molecular weight is 271 g/mol. The third kappa shape index (κ3) is 2.09. The molecule has 1 aliphatic carbocycles. The summed E-state index contributed by atoms with van der Waals surface area (Å²) in [4.78, 5) is 14.4. The van der Waals surface area contributed by atoms with Gasteiger partial charge in [0.05, 0.1) is 0 Å². The maximum atomic E-state index is 12.4. The molecule has 0 unspecified atom stereocenters. The lowest BCUT2D eigenvalue weighted by atomic mass is 9.88. The first-order valence-electron chi connectivity index (χ1n) is 7.75. The van der Waals surface area contributed by atoms with E-state index >= 15 is 0 Å². The number of ether oxygens (including phenoxy) is 1. The Bertz CT molecular complexity index is 493. The molecule has 1 saturated carbocycles. The van der Waals surface area contributed by atoms with Crippen molar-refractivity contribution in [3.63, 3.8) is 0 Å². The summed E-state index contributed by atoms with van der Waals surface area (Å²) in [5.74, 6) is 0. The van der Waals surface area contributed by atoms with Gasteiger partial charge in [-0.15, -0.1) is 0 Å². The van der Waals surface area contributed by atoms with E-state index < -0.39 is 0 Å². The van der Waals surface area contributed by atoms with Gasteiger partial charge in [-0.25, -0.2) is 4.79 Å². The first kappa shape index (κ1) is 12.2. The molecule has 2 atom stereocenters. The zero-order valence-electron chi connectivity index (χ0n) is 11.8. The van der Waals surface area contributed by atoms with Gasteiger partial charge >= 0.3 is 6.09 Å². The molecule has 1 aromatic rings. The minimum Gasteiger partial charge on any atom is -0.445 e. The summed E-state index contributed by atoms with van der Waals surface area (Å²) < 4.78 is 5.52. The fourth-order valence-electron chi connectivity index (χ4n) is 4.12. The summed E-state index contributed by atoms with van der Waals surface area (Å²) in [5, 5.41) is 0. The lowest BCUT2D eigenvalue weighted by Crippen LogP contribution is -2.47. The van der Waals surface area contributed by atoms with Crippen LogP contribution in [0, 0.1) is 5.41 Å². The highest BCUT2D eigenvalue weighted by atomic mass is 16.6. The molecule has 3 nitrogen and oxygen atoms in total. The second-order valence-corrected chi connectivity index (χ2v) is 6.74. The highest BCUT2D eigenvalue weighted by Gasteiger charge is 2.55. The van der Waals surface area contributed by atoms with Crippen molar-refractivity contribution in [2.24, 2.45) is 5.41 Å². The van der Waals surface area contributed by atoms with E-state index in [0.29, 0.717) is 24.1 Å². The minimum atomic E-state index is -0.100. The number of nitrogens with zero attached hydrogens (tertiary/aromatic N) is 1. The van der Waals surface area contributed by atoms with E-state index in [9.17, 15) is 4.79 Å². The predicted molar refractivity (Wildman–Crippen MR) is 76.2 cm³/mol. The Kier molecular flexibility index (Phi) is 2.76. The summed E-state index contributed by atoms with van der Waals surface area (Å²) in [7, 11) is 0. The van der Waals surface area contributed by atoms with E-state index in [-0.39, 0.29) is 6.09 Å². The number of piperidine rings is 1. The molecule has 0 N–H and O–H groups in total. The van der Waals surface area contributed by atoms with Gasteiger partial charge in [0, 0.05) is 12.1 Å². The fraction of sp³-hybridized carbons (Fsp3) is 0.588. The van der Waals surface area contributed by atoms with Crippen LogP contribution in [-0.4, -0.2) is 23.1 Å². The SMILES string of the molecule is O=C(OCc1ccccc1)N1[C@@H]2CC[C@H]1CC1(CC1)C2. The summed E-state index contributed by atoms with van der Waals surface area (Å²) in [6.45, 7) is 0.390. The van der Waals surface area contributed by atoms with Crippen molar-refractivity contribution < 1.29 is 9.53 Å². The quantitative estimate of drug-likeness (QED) is 0.820. The van der Waals surface area contributed by atoms with Crippen molar-refractivity contribution in [1.29, 1.82) is 0 Å². The zero-order chi connectivity index (χ0) is 13.6. The van der Waals surface area contributed by atoms with Crippen LogP contribution in [0.3, 0.4) is 0 Å². The van der Waals surface area contributed by atoms with Crippen LogP contribution >= 0.6 is 0 Å². The predicted octanol–water partition coefficient (Wildman–Crippen LogP) is 3.73. The number of hydrogen-bond donors (Lipinski definition) is 0. The third-order valence-electron chi connectivity index (χ3n) is 5.33. The van der Waals surface area contributed by atoms with Gasteiger partial charge in [-0.2, -0.15) is 0 Å². The molecule has 0 radical (unpaired) electrons.